The quantitative estimate of drug-likeness (QED) is 0.567. The number of methoxy groups -OCH3 is 1. The third kappa shape index (κ3) is 2.27. The highest BCUT2D eigenvalue weighted by molar-refractivity contribution is 5.84. The molecule has 0 fully saturated rings. The average Bonchev–Trinajstić information content (AvgIpc) is 2.38. The summed E-state index contributed by atoms with van der Waals surface area (Å²) in [5, 5.41) is 29.5. The van der Waals surface area contributed by atoms with E-state index in [0.29, 0.717) is 11.1 Å². The molecule has 0 aliphatic heterocycles. The van der Waals surface area contributed by atoms with Crippen molar-refractivity contribution in [3.8, 4) is 11.5 Å². The molecule has 0 saturated heterocycles. The molecule has 0 unspecified atom stereocenters. The SMILES string of the molecule is CCC(O)(O)c1cc2cc(OC)cc(O)c2oc1=O. The minimum atomic E-state index is -2.27. The van der Waals surface area contributed by atoms with Crippen LogP contribution >= 0.6 is 0 Å². The van der Waals surface area contributed by atoms with Gasteiger partial charge in [0, 0.05) is 17.9 Å². The third-order valence-corrected chi connectivity index (χ3v) is 2.95. The van der Waals surface area contributed by atoms with E-state index in [1.165, 1.54) is 32.2 Å². The van der Waals surface area contributed by atoms with E-state index in [-0.39, 0.29) is 23.3 Å². The van der Waals surface area contributed by atoms with Crippen LogP contribution in [0.2, 0.25) is 0 Å². The molecule has 0 amide bonds. The lowest BCUT2D eigenvalue weighted by molar-refractivity contribution is -0.172. The van der Waals surface area contributed by atoms with E-state index >= 15 is 0 Å². The Labute approximate surface area is 108 Å². The van der Waals surface area contributed by atoms with Gasteiger partial charge in [-0.25, -0.2) is 4.79 Å². The molecule has 19 heavy (non-hydrogen) atoms. The molecule has 0 spiro atoms. The number of rotatable bonds is 3. The van der Waals surface area contributed by atoms with Gasteiger partial charge < -0.3 is 24.5 Å². The van der Waals surface area contributed by atoms with Crippen LogP contribution in [0.5, 0.6) is 11.5 Å². The molecule has 0 atom stereocenters. The summed E-state index contributed by atoms with van der Waals surface area (Å²) in [6.07, 6.45) is -0.0702. The number of hydrogen-bond acceptors (Lipinski definition) is 6. The van der Waals surface area contributed by atoms with Gasteiger partial charge in [0.15, 0.2) is 17.1 Å². The largest absolute Gasteiger partial charge is 0.504 e. The van der Waals surface area contributed by atoms with Crippen molar-refractivity contribution in [1.82, 2.24) is 0 Å². The number of phenolic OH excluding ortho intramolecular Hbond substituents is 1. The van der Waals surface area contributed by atoms with E-state index in [4.69, 9.17) is 9.15 Å². The zero-order chi connectivity index (χ0) is 14.2. The van der Waals surface area contributed by atoms with Crippen LogP contribution in [0.25, 0.3) is 11.0 Å². The third-order valence-electron chi connectivity index (χ3n) is 2.95. The number of hydrogen-bond donors (Lipinski definition) is 3. The van der Waals surface area contributed by atoms with E-state index in [1.807, 2.05) is 0 Å². The molecule has 2 rings (SSSR count). The molecule has 1 aromatic heterocycles. The Morgan fingerprint density at radius 1 is 1.32 bits per heavy atom. The fourth-order valence-electron chi connectivity index (χ4n) is 1.78. The van der Waals surface area contributed by atoms with E-state index in [1.54, 1.807) is 0 Å². The van der Waals surface area contributed by atoms with Gasteiger partial charge in [-0.15, -0.1) is 0 Å². The summed E-state index contributed by atoms with van der Waals surface area (Å²) in [6, 6.07) is 4.09. The number of phenols is 1. The first-order valence-corrected chi connectivity index (χ1v) is 5.69. The standard InChI is InChI=1S/C13H14O6/c1-3-13(16,17)9-5-7-4-8(18-2)6-10(14)11(7)19-12(9)15/h4-6,14,16-17H,3H2,1-2H3. The summed E-state index contributed by atoms with van der Waals surface area (Å²) in [5.74, 6) is -2.16. The van der Waals surface area contributed by atoms with Crippen LogP contribution in [0, 0.1) is 0 Å². The molecule has 3 N–H and O–H groups in total. The van der Waals surface area contributed by atoms with Crippen molar-refractivity contribution in [1.29, 1.82) is 0 Å². The molecule has 102 valence electrons. The van der Waals surface area contributed by atoms with Crippen LogP contribution in [-0.4, -0.2) is 22.4 Å². The maximum Gasteiger partial charge on any atom is 0.345 e. The predicted molar refractivity (Wildman–Crippen MR) is 67.1 cm³/mol. The van der Waals surface area contributed by atoms with Crippen molar-refractivity contribution in [3.63, 3.8) is 0 Å². The Morgan fingerprint density at radius 2 is 2.00 bits per heavy atom. The average molecular weight is 266 g/mol. The Bertz CT molecular complexity index is 671. The van der Waals surface area contributed by atoms with Crippen molar-refractivity contribution in [2.24, 2.45) is 0 Å². The number of ether oxygens (including phenoxy) is 1. The molecule has 1 heterocycles. The highest BCUT2D eigenvalue weighted by Gasteiger charge is 2.28. The van der Waals surface area contributed by atoms with E-state index in [2.05, 4.69) is 0 Å². The van der Waals surface area contributed by atoms with Gasteiger partial charge in [-0.3, -0.25) is 0 Å². The van der Waals surface area contributed by atoms with Gasteiger partial charge in [0.2, 0.25) is 0 Å². The van der Waals surface area contributed by atoms with Crippen LogP contribution in [-0.2, 0) is 5.79 Å². The molecule has 0 aliphatic carbocycles. The lowest BCUT2D eigenvalue weighted by Gasteiger charge is -2.18. The van der Waals surface area contributed by atoms with Crippen molar-refractivity contribution in [3.05, 3.63) is 34.2 Å². The molecular formula is C13H14O6. The second-order valence-electron chi connectivity index (χ2n) is 4.18. The Hall–Kier alpha value is -2.05. The van der Waals surface area contributed by atoms with Crippen LogP contribution in [0.3, 0.4) is 0 Å². The normalized spacial score (nSPS) is 11.8. The molecule has 0 aliphatic rings. The second kappa shape index (κ2) is 4.56. The van der Waals surface area contributed by atoms with Crippen molar-refractivity contribution in [2.75, 3.05) is 7.11 Å². The summed E-state index contributed by atoms with van der Waals surface area (Å²) >= 11 is 0. The summed E-state index contributed by atoms with van der Waals surface area (Å²) < 4.78 is 9.91. The molecule has 2 aromatic rings. The maximum atomic E-state index is 11.7. The van der Waals surface area contributed by atoms with Crippen LogP contribution in [0.1, 0.15) is 18.9 Å². The number of aromatic hydroxyl groups is 1. The van der Waals surface area contributed by atoms with Crippen molar-refractivity contribution in [2.45, 2.75) is 19.1 Å². The summed E-state index contributed by atoms with van der Waals surface area (Å²) in [4.78, 5) is 11.7. The lowest BCUT2D eigenvalue weighted by Crippen LogP contribution is -2.30. The number of fused-ring (bicyclic) bond motifs is 1. The minimum Gasteiger partial charge on any atom is -0.504 e. The number of benzene rings is 1. The second-order valence-corrected chi connectivity index (χ2v) is 4.18. The summed E-state index contributed by atoms with van der Waals surface area (Å²) in [5.41, 5.74) is -1.21. The number of aliphatic hydroxyl groups is 2. The Morgan fingerprint density at radius 3 is 2.58 bits per heavy atom. The molecule has 6 heteroatoms. The van der Waals surface area contributed by atoms with Crippen LogP contribution < -0.4 is 10.4 Å². The van der Waals surface area contributed by atoms with Gasteiger partial charge in [-0.05, 0) is 12.1 Å². The van der Waals surface area contributed by atoms with Gasteiger partial charge >= 0.3 is 5.63 Å². The first kappa shape index (κ1) is 13.4. The minimum absolute atomic E-state index is 0.0264. The van der Waals surface area contributed by atoms with E-state index in [9.17, 15) is 20.1 Å². The molecule has 0 bridgehead atoms. The van der Waals surface area contributed by atoms with E-state index < -0.39 is 11.4 Å². The fourth-order valence-corrected chi connectivity index (χ4v) is 1.78. The topological polar surface area (TPSA) is 100 Å². The fraction of sp³-hybridized carbons (Fsp3) is 0.308. The highest BCUT2D eigenvalue weighted by atomic mass is 16.5. The van der Waals surface area contributed by atoms with Crippen LogP contribution in [0.4, 0.5) is 0 Å². The zero-order valence-corrected chi connectivity index (χ0v) is 10.5. The predicted octanol–water partition coefficient (Wildman–Crippen LogP) is 1.05. The van der Waals surface area contributed by atoms with Gasteiger partial charge in [0.25, 0.3) is 0 Å². The van der Waals surface area contributed by atoms with Crippen molar-refractivity contribution >= 4 is 11.0 Å². The first-order chi connectivity index (χ1) is 8.89. The van der Waals surface area contributed by atoms with Crippen molar-refractivity contribution < 1.29 is 24.5 Å². The summed E-state index contributed by atoms with van der Waals surface area (Å²) in [7, 11) is 1.43. The van der Waals surface area contributed by atoms with Crippen LogP contribution in [0.15, 0.2) is 27.4 Å². The van der Waals surface area contributed by atoms with Gasteiger partial charge in [0.1, 0.15) is 5.75 Å². The highest BCUT2D eigenvalue weighted by Crippen LogP contribution is 2.31. The smallest absolute Gasteiger partial charge is 0.345 e. The van der Waals surface area contributed by atoms with E-state index in [0.717, 1.165) is 0 Å². The maximum absolute atomic E-state index is 11.7. The van der Waals surface area contributed by atoms with Gasteiger partial charge in [-0.1, -0.05) is 6.92 Å². The molecule has 6 nitrogen and oxygen atoms in total. The first-order valence-electron chi connectivity index (χ1n) is 5.69. The lowest BCUT2D eigenvalue weighted by atomic mass is 10.0. The summed E-state index contributed by atoms with van der Waals surface area (Å²) in [6.45, 7) is 1.52. The monoisotopic (exact) mass is 266 g/mol. The zero-order valence-electron chi connectivity index (χ0n) is 10.5. The van der Waals surface area contributed by atoms with Gasteiger partial charge in [-0.2, -0.15) is 0 Å². The molecular weight excluding hydrogens is 252 g/mol. The molecule has 0 radical (unpaired) electrons. The Kier molecular flexibility index (Phi) is 3.21. The molecule has 0 saturated carbocycles. The Balaban J connectivity index is 2.78. The van der Waals surface area contributed by atoms with Gasteiger partial charge in [0.05, 0.1) is 12.7 Å². The molecule has 1 aromatic carbocycles.